The number of amides is 1. The van der Waals surface area contributed by atoms with Gasteiger partial charge in [-0.3, -0.25) is 9.59 Å². The first-order valence-corrected chi connectivity index (χ1v) is 7.15. The van der Waals surface area contributed by atoms with Crippen LogP contribution in [0.2, 0.25) is 0 Å². The lowest BCUT2D eigenvalue weighted by atomic mass is 10.1. The molecule has 0 aliphatic carbocycles. The second-order valence-corrected chi connectivity index (χ2v) is 5.59. The average Bonchev–Trinajstić information content (AvgIpc) is 2.88. The zero-order valence-corrected chi connectivity index (χ0v) is 11.8. The largest absolute Gasteiger partial charge is 0.481 e. The van der Waals surface area contributed by atoms with Gasteiger partial charge >= 0.3 is 5.97 Å². The molecule has 5 nitrogen and oxygen atoms in total. The van der Waals surface area contributed by atoms with Crippen molar-refractivity contribution in [1.29, 1.82) is 0 Å². The van der Waals surface area contributed by atoms with Crippen LogP contribution in [0, 0.1) is 5.92 Å². The molecule has 0 aliphatic rings. The van der Waals surface area contributed by atoms with Crippen molar-refractivity contribution in [3.05, 3.63) is 22.4 Å². The molecule has 0 fully saturated rings. The van der Waals surface area contributed by atoms with Gasteiger partial charge in [0.25, 0.3) is 0 Å². The van der Waals surface area contributed by atoms with E-state index >= 15 is 0 Å². The molecule has 1 aromatic rings. The van der Waals surface area contributed by atoms with E-state index in [-0.39, 0.29) is 12.3 Å². The number of nitrogens with one attached hydrogen (secondary N) is 1. The maximum absolute atomic E-state index is 11.8. The van der Waals surface area contributed by atoms with Gasteiger partial charge in [-0.2, -0.15) is 0 Å². The number of aliphatic carboxylic acids is 1. The molecule has 0 saturated carbocycles. The molecule has 0 spiro atoms. The maximum Gasteiger partial charge on any atom is 0.305 e. The van der Waals surface area contributed by atoms with Gasteiger partial charge in [-0.15, -0.1) is 11.3 Å². The Morgan fingerprint density at radius 2 is 2.26 bits per heavy atom. The van der Waals surface area contributed by atoms with Gasteiger partial charge in [0, 0.05) is 11.3 Å². The molecule has 2 atom stereocenters. The number of carbonyl (C=O) groups excluding carboxylic acids is 1. The summed E-state index contributed by atoms with van der Waals surface area (Å²) in [6, 6.07) is 3.23. The summed E-state index contributed by atoms with van der Waals surface area (Å²) in [5, 5.41) is 13.5. The van der Waals surface area contributed by atoms with E-state index in [0.717, 1.165) is 4.88 Å². The smallest absolute Gasteiger partial charge is 0.305 e. The lowest BCUT2D eigenvalue weighted by Crippen LogP contribution is -2.30. The van der Waals surface area contributed by atoms with E-state index in [1.165, 1.54) is 11.3 Å². The van der Waals surface area contributed by atoms with Crippen LogP contribution in [0.25, 0.3) is 0 Å². The average molecular weight is 284 g/mol. The Balaban J connectivity index is 2.53. The van der Waals surface area contributed by atoms with Gasteiger partial charge in [0.2, 0.25) is 5.91 Å². The van der Waals surface area contributed by atoms with Gasteiger partial charge in [0.1, 0.15) is 0 Å². The van der Waals surface area contributed by atoms with Crippen LogP contribution in [0.3, 0.4) is 0 Å². The van der Waals surface area contributed by atoms with Crippen molar-refractivity contribution in [2.45, 2.75) is 32.2 Å². The van der Waals surface area contributed by atoms with E-state index in [1.54, 1.807) is 0 Å². The topological polar surface area (TPSA) is 92.4 Å². The van der Waals surface area contributed by atoms with Crippen LogP contribution in [0.4, 0.5) is 0 Å². The fourth-order valence-electron chi connectivity index (χ4n) is 1.65. The minimum Gasteiger partial charge on any atom is -0.481 e. The number of hydrogen-bond acceptors (Lipinski definition) is 4. The Morgan fingerprint density at radius 3 is 2.79 bits per heavy atom. The molecule has 1 amide bonds. The molecule has 0 aromatic carbocycles. The van der Waals surface area contributed by atoms with E-state index in [2.05, 4.69) is 5.32 Å². The first-order chi connectivity index (χ1) is 9.02. The predicted molar refractivity (Wildman–Crippen MR) is 74.9 cm³/mol. The van der Waals surface area contributed by atoms with Gasteiger partial charge in [-0.05, 0) is 30.3 Å². The molecule has 0 saturated heterocycles. The number of carboxylic acids is 1. The fraction of sp³-hybridized carbons (Fsp3) is 0.538. The Labute approximate surface area is 116 Å². The lowest BCUT2D eigenvalue weighted by Gasteiger charge is -2.16. The Morgan fingerprint density at radius 1 is 1.53 bits per heavy atom. The van der Waals surface area contributed by atoms with Crippen molar-refractivity contribution in [1.82, 2.24) is 5.32 Å². The van der Waals surface area contributed by atoms with Crippen LogP contribution in [-0.2, 0) is 9.59 Å². The van der Waals surface area contributed by atoms with E-state index in [1.807, 2.05) is 24.4 Å². The second-order valence-electron chi connectivity index (χ2n) is 4.61. The number of carbonyl (C=O) groups is 2. The molecule has 1 heterocycles. The van der Waals surface area contributed by atoms with Gasteiger partial charge in [0.05, 0.1) is 12.5 Å². The van der Waals surface area contributed by atoms with Crippen LogP contribution in [0.5, 0.6) is 0 Å². The quantitative estimate of drug-likeness (QED) is 0.678. The number of carboxylic acid groups (broad SMARTS) is 1. The summed E-state index contributed by atoms with van der Waals surface area (Å²) in [6.45, 7) is 2.54. The molecular weight excluding hydrogens is 264 g/mol. The molecule has 19 heavy (non-hydrogen) atoms. The van der Waals surface area contributed by atoms with Crippen molar-refractivity contribution < 1.29 is 14.7 Å². The van der Waals surface area contributed by atoms with Crippen molar-refractivity contribution in [3.8, 4) is 0 Å². The summed E-state index contributed by atoms with van der Waals surface area (Å²) < 4.78 is 0. The number of hydrogen-bond donors (Lipinski definition) is 3. The lowest BCUT2D eigenvalue weighted by molar-refractivity contribution is -0.137. The molecule has 0 bridgehead atoms. The summed E-state index contributed by atoms with van der Waals surface area (Å²) in [5.74, 6) is -0.751. The highest BCUT2D eigenvalue weighted by Crippen LogP contribution is 2.22. The monoisotopic (exact) mass is 284 g/mol. The summed E-state index contributed by atoms with van der Waals surface area (Å²) in [5.41, 5.74) is 5.49. The molecule has 0 aliphatic heterocycles. The molecule has 1 aromatic heterocycles. The highest BCUT2D eigenvalue weighted by atomic mass is 32.1. The van der Waals surface area contributed by atoms with E-state index < -0.39 is 12.0 Å². The predicted octanol–water partition coefficient (Wildman–Crippen LogP) is 1.76. The van der Waals surface area contributed by atoms with Crippen LogP contribution < -0.4 is 11.1 Å². The zero-order valence-electron chi connectivity index (χ0n) is 11.0. The summed E-state index contributed by atoms with van der Waals surface area (Å²) in [6.07, 6.45) is 0.991. The van der Waals surface area contributed by atoms with Crippen LogP contribution in [0.15, 0.2) is 17.5 Å². The molecule has 1 rings (SSSR count). The number of rotatable bonds is 8. The third kappa shape index (κ3) is 5.85. The van der Waals surface area contributed by atoms with Crippen molar-refractivity contribution >= 4 is 23.2 Å². The SMILES string of the molecule is CC(CN)CCC(=O)NC(CC(=O)O)c1cccs1. The second kappa shape index (κ2) is 7.91. The highest BCUT2D eigenvalue weighted by Gasteiger charge is 2.19. The third-order valence-electron chi connectivity index (χ3n) is 2.87. The van der Waals surface area contributed by atoms with Crippen molar-refractivity contribution in [2.75, 3.05) is 6.54 Å². The summed E-state index contributed by atoms with van der Waals surface area (Å²) in [7, 11) is 0. The number of thiophene rings is 1. The van der Waals surface area contributed by atoms with E-state index in [9.17, 15) is 9.59 Å². The first-order valence-electron chi connectivity index (χ1n) is 6.27. The summed E-state index contributed by atoms with van der Waals surface area (Å²) >= 11 is 1.45. The normalized spacial score (nSPS) is 13.8. The van der Waals surface area contributed by atoms with Crippen molar-refractivity contribution in [2.24, 2.45) is 11.7 Å². The molecule has 2 unspecified atom stereocenters. The van der Waals surface area contributed by atoms with Crippen LogP contribution >= 0.6 is 11.3 Å². The molecule has 6 heteroatoms. The Bertz CT molecular complexity index is 406. The Hall–Kier alpha value is -1.40. The molecule has 106 valence electrons. The van der Waals surface area contributed by atoms with Gasteiger partial charge in [-0.1, -0.05) is 13.0 Å². The zero-order chi connectivity index (χ0) is 14.3. The van der Waals surface area contributed by atoms with Gasteiger partial charge in [0.15, 0.2) is 0 Å². The maximum atomic E-state index is 11.8. The van der Waals surface area contributed by atoms with Gasteiger partial charge < -0.3 is 16.2 Å². The minimum absolute atomic E-state index is 0.0985. The first kappa shape index (κ1) is 15.7. The van der Waals surface area contributed by atoms with Crippen LogP contribution in [0.1, 0.15) is 37.1 Å². The molecule has 4 N–H and O–H groups in total. The molecule has 0 radical (unpaired) electrons. The minimum atomic E-state index is -0.922. The Kier molecular flexibility index (Phi) is 6.52. The molecular formula is C13H20N2O3S. The number of nitrogens with two attached hydrogens (primary N) is 1. The van der Waals surface area contributed by atoms with E-state index in [0.29, 0.717) is 25.3 Å². The summed E-state index contributed by atoms with van der Waals surface area (Å²) in [4.78, 5) is 23.5. The highest BCUT2D eigenvalue weighted by molar-refractivity contribution is 7.10. The fourth-order valence-corrected chi connectivity index (χ4v) is 2.43. The van der Waals surface area contributed by atoms with Crippen LogP contribution in [-0.4, -0.2) is 23.5 Å². The standard InChI is InChI=1S/C13H20N2O3S/c1-9(8-14)4-5-12(16)15-10(7-13(17)18)11-3-2-6-19-11/h2-3,6,9-10H,4-5,7-8,14H2,1H3,(H,15,16)(H,17,18). The van der Waals surface area contributed by atoms with Gasteiger partial charge in [-0.25, -0.2) is 0 Å². The van der Waals surface area contributed by atoms with Crippen molar-refractivity contribution in [3.63, 3.8) is 0 Å². The third-order valence-corrected chi connectivity index (χ3v) is 3.85. The van der Waals surface area contributed by atoms with E-state index in [4.69, 9.17) is 10.8 Å².